The molecule has 0 aliphatic heterocycles. The third-order valence-corrected chi connectivity index (χ3v) is 2.63. The van der Waals surface area contributed by atoms with Crippen LogP contribution in [-0.4, -0.2) is 11.9 Å². The van der Waals surface area contributed by atoms with Crippen LogP contribution in [0.3, 0.4) is 0 Å². The molecule has 2 rings (SSSR count). The molecule has 0 amide bonds. The average Bonchev–Trinajstić information content (AvgIpc) is 2.42. The fraction of sp³-hybridized carbons (Fsp3) is 0. The number of nitrogens with zero attached hydrogens (tertiary/aromatic N) is 2. The van der Waals surface area contributed by atoms with E-state index in [9.17, 15) is 0 Å². The highest BCUT2D eigenvalue weighted by molar-refractivity contribution is 6.30. The van der Waals surface area contributed by atoms with E-state index in [1.54, 1.807) is 48.5 Å². The number of rotatable bonds is 3. The van der Waals surface area contributed by atoms with E-state index in [1.165, 1.54) is 0 Å². The smallest absolute Gasteiger partial charge is 0.223 e. The van der Waals surface area contributed by atoms with Gasteiger partial charge in [0.25, 0.3) is 0 Å². The normalized spacial score (nSPS) is 10.5. The molecule has 0 radical (unpaired) electrons. The van der Waals surface area contributed by atoms with Crippen molar-refractivity contribution in [3.05, 3.63) is 53.6 Å². The van der Waals surface area contributed by atoms with Gasteiger partial charge in [-0.1, -0.05) is 11.6 Å². The largest absolute Gasteiger partial charge is 0.457 e. The molecule has 22 heavy (non-hydrogen) atoms. The molecule has 0 aromatic heterocycles. The summed E-state index contributed by atoms with van der Waals surface area (Å²) in [7, 11) is 0. The van der Waals surface area contributed by atoms with Crippen LogP contribution < -0.4 is 21.9 Å². The summed E-state index contributed by atoms with van der Waals surface area (Å²) in [4.78, 5) is 7.66. The first-order valence-corrected chi connectivity index (χ1v) is 6.38. The van der Waals surface area contributed by atoms with Crippen molar-refractivity contribution in [1.82, 2.24) is 0 Å². The van der Waals surface area contributed by atoms with E-state index in [1.807, 2.05) is 0 Å². The Balaban J connectivity index is 0.00000242. The van der Waals surface area contributed by atoms with Crippen LogP contribution in [0.15, 0.2) is 58.5 Å². The van der Waals surface area contributed by atoms with Gasteiger partial charge in [-0.2, -0.15) is 4.99 Å². The van der Waals surface area contributed by atoms with Crippen LogP contribution in [0.1, 0.15) is 0 Å². The first-order valence-electron chi connectivity index (χ1n) is 6.00. The fourth-order valence-electron chi connectivity index (χ4n) is 1.52. The second kappa shape index (κ2) is 8.11. The average molecular weight is 340 g/mol. The van der Waals surface area contributed by atoms with Gasteiger partial charge < -0.3 is 21.9 Å². The molecule has 8 heteroatoms. The van der Waals surface area contributed by atoms with E-state index in [4.69, 9.17) is 33.5 Å². The van der Waals surface area contributed by atoms with Crippen LogP contribution in [0.25, 0.3) is 0 Å². The van der Waals surface area contributed by atoms with Gasteiger partial charge in [-0.25, -0.2) is 4.99 Å². The van der Waals surface area contributed by atoms with E-state index >= 15 is 0 Å². The van der Waals surface area contributed by atoms with Crippen molar-refractivity contribution in [2.24, 2.45) is 27.2 Å². The summed E-state index contributed by atoms with van der Waals surface area (Å²) in [5.41, 5.74) is 16.6. The molecule has 2 aromatic rings. The summed E-state index contributed by atoms with van der Waals surface area (Å²) in [6.45, 7) is 0. The molecule has 0 heterocycles. The molecule has 116 valence electrons. The van der Waals surface area contributed by atoms with E-state index in [2.05, 4.69) is 9.98 Å². The quantitative estimate of drug-likeness (QED) is 0.589. The molecule has 0 saturated carbocycles. The lowest BCUT2D eigenvalue weighted by molar-refractivity contribution is 0.483. The number of aliphatic imine (C=N–C) groups is 2. The van der Waals surface area contributed by atoms with Crippen molar-refractivity contribution in [3.63, 3.8) is 0 Å². The molecule has 0 aliphatic rings. The molecule has 6 nitrogen and oxygen atoms in total. The lowest BCUT2D eigenvalue weighted by atomic mass is 10.3. The summed E-state index contributed by atoms with van der Waals surface area (Å²) in [5.74, 6) is 1.20. The lowest BCUT2D eigenvalue weighted by Gasteiger charge is -2.05. The number of hydrogen-bond acceptors (Lipinski definition) is 2. The number of benzene rings is 2. The van der Waals surface area contributed by atoms with Gasteiger partial charge in [0.05, 0.1) is 5.69 Å². The Hall–Kier alpha value is -2.44. The zero-order chi connectivity index (χ0) is 15.2. The molecular formula is C14H15Cl2N5O. The van der Waals surface area contributed by atoms with Crippen LogP contribution in [0.4, 0.5) is 5.69 Å². The second-order valence-electron chi connectivity index (χ2n) is 4.06. The van der Waals surface area contributed by atoms with Gasteiger partial charge in [0.2, 0.25) is 5.96 Å². The molecule has 6 N–H and O–H groups in total. The van der Waals surface area contributed by atoms with Crippen molar-refractivity contribution < 1.29 is 4.74 Å². The van der Waals surface area contributed by atoms with Crippen LogP contribution in [0, 0.1) is 0 Å². The van der Waals surface area contributed by atoms with Crippen molar-refractivity contribution in [2.45, 2.75) is 0 Å². The van der Waals surface area contributed by atoms with Gasteiger partial charge >= 0.3 is 0 Å². The monoisotopic (exact) mass is 339 g/mol. The van der Waals surface area contributed by atoms with Crippen molar-refractivity contribution in [2.75, 3.05) is 0 Å². The Morgan fingerprint density at radius 3 is 1.86 bits per heavy atom. The topological polar surface area (TPSA) is 112 Å². The second-order valence-corrected chi connectivity index (χ2v) is 4.49. The van der Waals surface area contributed by atoms with E-state index in [0.717, 1.165) is 0 Å². The minimum atomic E-state index is -0.140. The Morgan fingerprint density at radius 1 is 0.864 bits per heavy atom. The minimum Gasteiger partial charge on any atom is -0.457 e. The van der Waals surface area contributed by atoms with Gasteiger partial charge in [-0.05, 0) is 48.5 Å². The lowest BCUT2D eigenvalue weighted by Crippen LogP contribution is -2.26. The van der Waals surface area contributed by atoms with E-state index in [0.29, 0.717) is 22.2 Å². The van der Waals surface area contributed by atoms with Gasteiger partial charge in [0, 0.05) is 5.02 Å². The molecule has 0 unspecified atom stereocenters. The first-order chi connectivity index (χ1) is 10.0. The number of halogens is 2. The highest BCUT2D eigenvalue weighted by Gasteiger charge is 1.98. The molecule has 0 spiro atoms. The zero-order valence-corrected chi connectivity index (χ0v) is 13.0. The number of guanidine groups is 2. The molecule has 0 aliphatic carbocycles. The number of nitrogens with two attached hydrogens (primary N) is 3. The molecular weight excluding hydrogens is 325 g/mol. The van der Waals surface area contributed by atoms with Gasteiger partial charge in [0.1, 0.15) is 11.5 Å². The Morgan fingerprint density at radius 2 is 1.36 bits per heavy atom. The fourth-order valence-corrected chi connectivity index (χ4v) is 1.64. The summed E-state index contributed by atoms with van der Waals surface area (Å²) < 4.78 is 5.65. The van der Waals surface area contributed by atoms with Gasteiger partial charge in [-0.15, -0.1) is 12.4 Å². The third kappa shape index (κ3) is 5.51. The standard InChI is InChI=1S/C14H14ClN5O.ClH/c15-9-1-5-11(6-2-9)21-12-7-3-10(4-8-12)19-14(18)20-13(16)17;/h1-8H,(H6,16,17,18,19,20);1H. The van der Waals surface area contributed by atoms with Crippen LogP contribution in [0.5, 0.6) is 11.5 Å². The van der Waals surface area contributed by atoms with E-state index in [-0.39, 0.29) is 24.3 Å². The van der Waals surface area contributed by atoms with E-state index < -0.39 is 0 Å². The van der Waals surface area contributed by atoms with Crippen molar-refractivity contribution >= 4 is 41.6 Å². The zero-order valence-electron chi connectivity index (χ0n) is 11.4. The number of hydrogen-bond donors (Lipinski definition) is 3. The molecule has 0 atom stereocenters. The summed E-state index contributed by atoms with van der Waals surface area (Å²) in [6, 6.07) is 14.1. The molecule has 0 bridgehead atoms. The van der Waals surface area contributed by atoms with Crippen LogP contribution in [-0.2, 0) is 0 Å². The highest BCUT2D eigenvalue weighted by Crippen LogP contribution is 2.25. The Labute approximate surface area is 139 Å². The maximum absolute atomic E-state index is 5.81. The van der Waals surface area contributed by atoms with Crippen molar-refractivity contribution in [1.29, 1.82) is 0 Å². The number of ether oxygens (including phenoxy) is 1. The predicted molar refractivity (Wildman–Crippen MR) is 92.3 cm³/mol. The van der Waals surface area contributed by atoms with Crippen LogP contribution in [0.2, 0.25) is 5.02 Å². The molecule has 2 aromatic carbocycles. The summed E-state index contributed by atoms with van der Waals surface area (Å²) in [6.07, 6.45) is 0. The Bertz CT molecular complexity index is 665. The molecule has 0 saturated heterocycles. The minimum absolute atomic E-state index is 0. The summed E-state index contributed by atoms with van der Waals surface area (Å²) in [5, 5.41) is 0.655. The van der Waals surface area contributed by atoms with Gasteiger partial charge in [0.15, 0.2) is 5.96 Å². The SMILES string of the molecule is Cl.NC(N)=NC(N)=Nc1ccc(Oc2ccc(Cl)cc2)cc1. The maximum atomic E-state index is 5.81. The third-order valence-electron chi connectivity index (χ3n) is 2.37. The highest BCUT2D eigenvalue weighted by atomic mass is 35.5. The molecule has 0 fully saturated rings. The summed E-state index contributed by atoms with van der Waals surface area (Å²) >= 11 is 5.81. The predicted octanol–water partition coefficient (Wildman–Crippen LogP) is 2.77. The van der Waals surface area contributed by atoms with Crippen LogP contribution >= 0.6 is 24.0 Å². The first kappa shape index (κ1) is 17.6. The van der Waals surface area contributed by atoms with Crippen molar-refractivity contribution in [3.8, 4) is 11.5 Å². The maximum Gasteiger partial charge on any atom is 0.223 e. The Kier molecular flexibility index (Phi) is 6.49. The van der Waals surface area contributed by atoms with Gasteiger partial charge in [-0.3, -0.25) is 0 Å².